The number of hydrogen-bond acceptors (Lipinski definition) is 4. The summed E-state index contributed by atoms with van der Waals surface area (Å²) in [4.78, 5) is 4.14. The maximum Gasteiger partial charge on any atom is 0.387 e. The summed E-state index contributed by atoms with van der Waals surface area (Å²) in [6.07, 6.45) is 2.04. The minimum Gasteiger partial charge on any atom is -0.497 e. The summed E-state index contributed by atoms with van der Waals surface area (Å²) in [7, 11) is 3.18. The zero-order valence-corrected chi connectivity index (χ0v) is 18.2. The van der Waals surface area contributed by atoms with E-state index in [2.05, 4.69) is 34.2 Å². The molecule has 5 nitrogen and oxygen atoms in total. The predicted octanol–water partition coefficient (Wildman–Crippen LogP) is 3.72. The fourth-order valence-corrected chi connectivity index (χ4v) is 2.02. The number of halogens is 3. The van der Waals surface area contributed by atoms with Crippen molar-refractivity contribution in [2.45, 2.75) is 31.8 Å². The van der Waals surface area contributed by atoms with Crippen LogP contribution in [0.25, 0.3) is 0 Å². The third-order valence-electron chi connectivity index (χ3n) is 3.39. The Morgan fingerprint density at radius 1 is 1.32 bits per heavy atom. The monoisotopic (exact) mass is 489 g/mol. The van der Waals surface area contributed by atoms with E-state index in [9.17, 15) is 8.78 Å². The van der Waals surface area contributed by atoms with E-state index in [1.54, 1.807) is 30.9 Å². The number of hydrogen-bond donors (Lipinski definition) is 2. The topological polar surface area (TPSA) is 54.9 Å². The van der Waals surface area contributed by atoms with E-state index < -0.39 is 6.61 Å². The molecule has 2 N–H and O–H groups in total. The Morgan fingerprint density at radius 2 is 2.00 bits per heavy atom. The highest BCUT2D eigenvalue weighted by Crippen LogP contribution is 2.25. The van der Waals surface area contributed by atoms with Crippen molar-refractivity contribution >= 4 is 41.7 Å². The van der Waals surface area contributed by atoms with Crippen LogP contribution in [0.1, 0.15) is 19.4 Å². The van der Waals surface area contributed by atoms with Crippen molar-refractivity contribution in [3.05, 3.63) is 23.8 Å². The lowest BCUT2D eigenvalue weighted by molar-refractivity contribution is -0.0504. The zero-order valence-electron chi connectivity index (χ0n) is 15.1. The summed E-state index contributed by atoms with van der Waals surface area (Å²) in [5.74, 6) is 1.26. The van der Waals surface area contributed by atoms with E-state index in [4.69, 9.17) is 4.74 Å². The molecule has 0 fully saturated rings. The van der Waals surface area contributed by atoms with Crippen LogP contribution in [0.2, 0.25) is 0 Å². The molecule has 9 heteroatoms. The summed E-state index contributed by atoms with van der Waals surface area (Å²) in [5, 5.41) is 6.31. The summed E-state index contributed by atoms with van der Waals surface area (Å²) in [5.41, 5.74) is 0.557. The molecule has 0 saturated carbocycles. The van der Waals surface area contributed by atoms with Crippen molar-refractivity contribution in [1.29, 1.82) is 0 Å². The summed E-state index contributed by atoms with van der Waals surface area (Å²) < 4.78 is 34.8. The van der Waals surface area contributed by atoms with Crippen LogP contribution in [0.15, 0.2) is 23.2 Å². The van der Waals surface area contributed by atoms with Gasteiger partial charge in [-0.3, -0.25) is 4.99 Å². The van der Waals surface area contributed by atoms with Gasteiger partial charge in [0.1, 0.15) is 11.5 Å². The number of methoxy groups -OCH3 is 1. The second kappa shape index (κ2) is 11.6. The normalized spacial score (nSPS) is 11.8. The molecule has 1 aromatic carbocycles. The fraction of sp³-hybridized carbons (Fsp3) is 0.562. The highest BCUT2D eigenvalue weighted by molar-refractivity contribution is 14.0. The van der Waals surface area contributed by atoms with Gasteiger partial charge in [-0.05, 0) is 38.3 Å². The molecule has 0 heterocycles. The van der Waals surface area contributed by atoms with Gasteiger partial charge in [0.2, 0.25) is 0 Å². The van der Waals surface area contributed by atoms with Crippen molar-refractivity contribution in [2.75, 3.05) is 27.0 Å². The second-order valence-electron chi connectivity index (χ2n) is 5.60. The number of benzene rings is 1. The molecular formula is C16H26F2IN3O2S. The van der Waals surface area contributed by atoms with Crippen LogP contribution >= 0.6 is 35.7 Å². The third-order valence-corrected chi connectivity index (χ3v) is 4.64. The van der Waals surface area contributed by atoms with Crippen LogP contribution in [0, 0.1) is 0 Å². The second-order valence-corrected chi connectivity index (χ2v) is 7.11. The molecule has 1 aromatic rings. The average molecular weight is 489 g/mol. The molecule has 0 saturated heterocycles. The standard InChI is InChI=1S/C16H25F2N3O2S.HI/c1-16(2,24-5)10-21-15(19-3)20-9-11-8-12(22-4)6-7-13(11)23-14(17)18;/h6-8,14H,9-10H2,1-5H3,(H2,19,20,21);1H. The number of ether oxygens (including phenoxy) is 2. The molecule has 0 aromatic heterocycles. The van der Waals surface area contributed by atoms with Crippen molar-refractivity contribution in [3.63, 3.8) is 0 Å². The van der Waals surface area contributed by atoms with Crippen LogP contribution in [-0.4, -0.2) is 44.3 Å². The van der Waals surface area contributed by atoms with E-state index >= 15 is 0 Å². The zero-order chi connectivity index (χ0) is 18.2. The molecule has 0 aliphatic heterocycles. The van der Waals surface area contributed by atoms with Gasteiger partial charge < -0.3 is 20.1 Å². The van der Waals surface area contributed by atoms with Crippen molar-refractivity contribution in [1.82, 2.24) is 10.6 Å². The first-order valence-electron chi connectivity index (χ1n) is 7.42. The summed E-state index contributed by atoms with van der Waals surface area (Å²) >= 11 is 1.74. The lowest BCUT2D eigenvalue weighted by atomic mass is 10.2. The molecule has 0 spiro atoms. The van der Waals surface area contributed by atoms with Gasteiger partial charge in [-0.15, -0.1) is 24.0 Å². The molecule has 0 bridgehead atoms. The molecule has 0 aliphatic rings. The molecule has 25 heavy (non-hydrogen) atoms. The summed E-state index contributed by atoms with van der Waals surface area (Å²) in [6.45, 7) is 2.35. The number of thioether (sulfide) groups is 1. The Labute approximate surface area is 169 Å². The summed E-state index contributed by atoms with van der Waals surface area (Å²) in [6, 6.07) is 4.70. The van der Waals surface area contributed by atoms with Gasteiger partial charge in [0.25, 0.3) is 0 Å². The van der Waals surface area contributed by atoms with Crippen LogP contribution in [0.4, 0.5) is 8.78 Å². The van der Waals surface area contributed by atoms with E-state index in [0.29, 0.717) is 23.8 Å². The Balaban J connectivity index is 0.00000576. The number of nitrogens with one attached hydrogen (secondary N) is 2. The quantitative estimate of drug-likeness (QED) is 0.331. The number of aliphatic imine (C=N–C) groups is 1. The molecule has 0 unspecified atom stereocenters. The van der Waals surface area contributed by atoms with Crippen LogP contribution in [0.5, 0.6) is 11.5 Å². The molecule has 0 radical (unpaired) electrons. The van der Waals surface area contributed by atoms with E-state index in [1.807, 2.05) is 6.26 Å². The first kappa shape index (κ1) is 24.0. The van der Waals surface area contributed by atoms with E-state index in [-0.39, 0.29) is 41.0 Å². The van der Waals surface area contributed by atoms with Crippen LogP contribution < -0.4 is 20.1 Å². The lowest BCUT2D eigenvalue weighted by Gasteiger charge is -2.24. The average Bonchev–Trinajstić information content (AvgIpc) is 2.55. The number of alkyl halides is 2. The Hall–Kier alpha value is -0.970. The fourth-order valence-electron chi connectivity index (χ4n) is 1.80. The van der Waals surface area contributed by atoms with Gasteiger partial charge in [-0.1, -0.05) is 0 Å². The maximum atomic E-state index is 12.5. The van der Waals surface area contributed by atoms with Gasteiger partial charge in [0, 0.05) is 30.4 Å². The highest BCUT2D eigenvalue weighted by atomic mass is 127. The maximum absolute atomic E-state index is 12.5. The predicted molar refractivity (Wildman–Crippen MR) is 111 cm³/mol. The Kier molecular flexibility index (Phi) is 11.2. The lowest BCUT2D eigenvalue weighted by Crippen LogP contribution is -2.43. The number of nitrogens with zero attached hydrogens (tertiary/aromatic N) is 1. The van der Waals surface area contributed by atoms with Crippen molar-refractivity contribution < 1.29 is 18.3 Å². The van der Waals surface area contributed by atoms with Crippen LogP contribution in [0.3, 0.4) is 0 Å². The smallest absolute Gasteiger partial charge is 0.387 e. The number of rotatable bonds is 8. The number of guanidine groups is 1. The molecular weight excluding hydrogens is 463 g/mol. The van der Waals surface area contributed by atoms with Crippen molar-refractivity contribution in [2.24, 2.45) is 4.99 Å². The van der Waals surface area contributed by atoms with Crippen LogP contribution in [-0.2, 0) is 6.54 Å². The van der Waals surface area contributed by atoms with E-state index in [1.165, 1.54) is 13.2 Å². The van der Waals surface area contributed by atoms with Gasteiger partial charge in [0.15, 0.2) is 5.96 Å². The van der Waals surface area contributed by atoms with Crippen molar-refractivity contribution in [3.8, 4) is 11.5 Å². The third kappa shape index (κ3) is 8.80. The molecule has 144 valence electrons. The van der Waals surface area contributed by atoms with Gasteiger partial charge in [0.05, 0.1) is 7.11 Å². The Morgan fingerprint density at radius 3 is 2.52 bits per heavy atom. The molecule has 0 atom stereocenters. The van der Waals surface area contributed by atoms with Gasteiger partial charge in [-0.2, -0.15) is 20.5 Å². The first-order chi connectivity index (χ1) is 11.3. The molecule has 0 amide bonds. The SMILES string of the molecule is CN=C(NCc1cc(OC)ccc1OC(F)F)NCC(C)(C)SC.I. The van der Waals surface area contributed by atoms with Gasteiger partial charge >= 0.3 is 6.61 Å². The van der Waals surface area contributed by atoms with E-state index in [0.717, 1.165) is 0 Å². The van der Waals surface area contributed by atoms with Gasteiger partial charge in [-0.25, -0.2) is 0 Å². The highest BCUT2D eigenvalue weighted by Gasteiger charge is 2.16. The first-order valence-corrected chi connectivity index (χ1v) is 8.65. The Bertz CT molecular complexity index is 560. The largest absolute Gasteiger partial charge is 0.497 e. The minimum absolute atomic E-state index is 0. The minimum atomic E-state index is -2.88. The molecule has 1 rings (SSSR count). The molecule has 0 aliphatic carbocycles.